The van der Waals surface area contributed by atoms with Gasteiger partial charge in [-0.3, -0.25) is 14.9 Å². The Labute approximate surface area is 167 Å². The quantitative estimate of drug-likeness (QED) is 0.0921. The summed E-state index contributed by atoms with van der Waals surface area (Å²) in [4.78, 5) is 22.4. The molecule has 12 nitrogen and oxygen atoms in total. The number of nitrogens with zero attached hydrogens (tertiary/aromatic N) is 3. The number of nitro benzene ring substituents is 1. The molecule has 0 aromatic heterocycles. The number of nitro groups is 1. The van der Waals surface area contributed by atoms with Crippen LogP contribution in [-0.2, 0) is 14.2 Å². The number of rotatable bonds is 8. The molecule has 0 atom stereocenters. The lowest BCUT2D eigenvalue weighted by Gasteiger charge is -2.06. The minimum absolute atomic E-state index is 0.220. The molecule has 0 aliphatic carbocycles. The monoisotopic (exact) mass is 422 g/mol. The van der Waals surface area contributed by atoms with Crippen LogP contribution in [0, 0.1) is 10.1 Å². The minimum Gasteiger partial charge on any atom is -0.510 e. The predicted octanol–water partition coefficient (Wildman–Crippen LogP) is 4.24. The van der Waals surface area contributed by atoms with Gasteiger partial charge in [0.15, 0.2) is 11.4 Å². The molecule has 1 amide bonds. The molecule has 0 aliphatic rings. The summed E-state index contributed by atoms with van der Waals surface area (Å²) in [6.07, 6.45) is 0. The number of allylic oxidation sites excluding steroid dienone is 1. The first-order valence-electron chi connectivity index (χ1n) is 7.67. The number of carbonyl (C=O) groups excluding carboxylic acids is 1. The zero-order valence-electron chi connectivity index (χ0n) is 14.7. The molecular weight excluding hydrogens is 408 g/mol. The van der Waals surface area contributed by atoms with Gasteiger partial charge in [0.05, 0.1) is 21.9 Å². The Balaban J connectivity index is 2.35. The molecule has 0 fully saturated rings. The summed E-state index contributed by atoms with van der Waals surface area (Å²) in [5.74, 6) is -1.87. The van der Waals surface area contributed by atoms with E-state index in [1.54, 1.807) is 30.3 Å². The fraction of sp³-hybridized carbons (Fsp3) is 0.0625. The van der Waals surface area contributed by atoms with Crippen LogP contribution >= 0.6 is 12.0 Å². The number of aliphatic hydroxyl groups excluding tert-OH is 1. The van der Waals surface area contributed by atoms with E-state index in [1.807, 2.05) is 0 Å². The fourth-order valence-electron chi connectivity index (χ4n) is 1.97. The number of azo groups is 1. The number of carbonyl (C=O) groups is 1. The average molecular weight is 422 g/mol. The highest BCUT2D eigenvalue weighted by Crippen LogP contribution is 2.41. The third kappa shape index (κ3) is 5.98. The second-order valence-electron chi connectivity index (χ2n) is 5.25. The molecule has 0 aliphatic heterocycles. The van der Waals surface area contributed by atoms with Crippen molar-refractivity contribution < 1.29 is 34.6 Å². The summed E-state index contributed by atoms with van der Waals surface area (Å²) in [6.45, 7) is 1.19. The number of phenolic OH excluding ortho intramolecular Hbond substituents is 1. The molecule has 0 unspecified atom stereocenters. The zero-order valence-corrected chi connectivity index (χ0v) is 15.5. The molecule has 13 heteroatoms. The molecule has 2 aromatic carbocycles. The van der Waals surface area contributed by atoms with Crippen LogP contribution in [0.4, 0.5) is 17.1 Å². The first-order chi connectivity index (χ1) is 13.8. The Kier molecular flexibility index (Phi) is 7.62. The Morgan fingerprint density at radius 2 is 1.97 bits per heavy atom. The normalized spacial score (nSPS) is 11.9. The van der Waals surface area contributed by atoms with Crippen LogP contribution in [0.3, 0.4) is 0 Å². The van der Waals surface area contributed by atoms with Crippen LogP contribution in [0.15, 0.2) is 69.0 Å². The third-order valence-electron chi connectivity index (χ3n) is 3.25. The second-order valence-corrected chi connectivity index (χ2v) is 5.99. The van der Waals surface area contributed by atoms with Crippen LogP contribution in [0.25, 0.3) is 0 Å². The number of aliphatic hydroxyl groups is 1. The third-order valence-corrected chi connectivity index (χ3v) is 3.87. The lowest BCUT2D eigenvalue weighted by atomic mass is 10.2. The summed E-state index contributed by atoms with van der Waals surface area (Å²) >= 11 is 0.272. The highest BCUT2D eigenvalue weighted by atomic mass is 32.2. The summed E-state index contributed by atoms with van der Waals surface area (Å²) < 4.78 is 4.16. The molecule has 0 radical (unpaired) electrons. The molecule has 0 spiro atoms. The number of anilines is 1. The molecule has 4 N–H and O–H groups in total. The van der Waals surface area contributed by atoms with Gasteiger partial charge in [0, 0.05) is 17.8 Å². The molecule has 152 valence electrons. The summed E-state index contributed by atoms with van der Waals surface area (Å²) in [5, 5.41) is 52.3. The van der Waals surface area contributed by atoms with Crippen molar-refractivity contribution in [3.05, 3.63) is 64.0 Å². The lowest BCUT2D eigenvalue weighted by Crippen LogP contribution is -2.14. The number of non-ortho nitro benzene ring substituents is 1. The summed E-state index contributed by atoms with van der Waals surface area (Å²) in [7, 11) is 0. The Morgan fingerprint density at radius 3 is 2.55 bits per heavy atom. The maximum atomic E-state index is 12.3. The van der Waals surface area contributed by atoms with E-state index in [0.717, 1.165) is 12.1 Å². The Hall–Kier alpha value is -3.52. The Bertz CT molecular complexity index is 961. The van der Waals surface area contributed by atoms with Gasteiger partial charge in [-0.1, -0.05) is 23.2 Å². The highest BCUT2D eigenvalue weighted by molar-refractivity contribution is 7.94. The van der Waals surface area contributed by atoms with Crippen molar-refractivity contribution >= 4 is 35.0 Å². The highest BCUT2D eigenvalue weighted by Gasteiger charge is 2.19. The van der Waals surface area contributed by atoms with Gasteiger partial charge < -0.3 is 15.5 Å². The van der Waals surface area contributed by atoms with Crippen molar-refractivity contribution in [3.63, 3.8) is 0 Å². The minimum atomic E-state index is -0.795. The largest absolute Gasteiger partial charge is 0.510 e. The molecule has 0 heterocycles. The predicted molar refractivity (Wildman–Crippen MR) is 100 cm³/mol. The first-order valence-corrected chi connectivity index (χ1v) is 8.41. The molecule has 0 saturated carbocycles. The number of aromatic hydroxyl groups is 1. The van der Waals surface area contributed by atoms with Gasteiger partial charge in [-0.15, -0.1) is 14.6 Å². The number of benzene rings is 2. The molecule has 2 rings (SSSR count). The number of para-hydroxylation sites is 1. The van der Waals surface area contributed by atoms with Gasteiger partial charge in [0.25, 0.3) is 11.6 Å². The van der Waals surface area contributed by atoms with Gasteiger partial charge in [-0.25, -0.2) is 5.26 Å². The molecule has 2 aromatic rings. The standard InChI is InChI=1S/C16H14N4O8S/c1-9(21)14(16(23)17-10-5-3-2-4-6-10)19-18-12-7-11(20(24)25)8-13(15(12)22)29-28-27-26/h2-8,21-22,26H,1H3,(H,17,23)/b14-9+,19-18?. The van der Waals surface area contributed by atoms with Crippen LogP contribution in [0.5, 0.6) is 5.75 Å². The van der Waals surface area contributed by atoms with E-state index in [4.69, 9.17) is 5.26 Å². The smallest absolute Gasteiger partial charge is 0.279 e. The van der Waals surface area contributed by atoms with Crippen molar-refractivity contribution in [2.45, 2.75) is 11.8 Å². The van der Waals surface area contributed by atoms with E-state index in [9.17, 15) is 25.1 Å². The van der Waals surface area contributed by atoms with Gasteiger partial charge in [0.1, 0.15) is 11.4 Å². The van der Waals surface area contributed by atoms with Gasteiger partial charge in [-0.2, -0.15) is 0 Å². The SMILES string of the molecule is C/C(O)=C(\N=Nc1cc([N+](=O)[O-])cc(SOOO)c1O)C(=O)Nc1ccccc1. The van der Waals surface area contributed by atoms with Crippen molar-refractivity contribution in [2.24, 2.45) is 10.2 Å². The fourth-order valence-corrected chi connectivity index (χ4v) is 2.43. The number of hydrogen-bond donors (Lipinski definition) is 4. The van der Waals surface area contributed by atoms with E-state index in [2.05, 4.69) is 24.9 Å². The van der Waals surface area contributed by atoms with Crippen molar-refractivity contribution in [1.29, 1.82) is 0 Å². The molecule has 0 bridgehead atoms. The first kappa shape index (κ1) is 21.8. The summed E-state index contributed by atoms with van der Waals surface area (Å²) in [5.41, 5.74) is -0.927. The number of phenols is 1. The average Bonchev–Trinajstić information content (AvgIpc) is 2.68. The molecule has 29 heavy (non-hydrogen) atoms. The number of hydrogen-bond acceptors (Lipinski definition) is 11. The van der Waals surface area contributed by atoms with E-state index in [0.29, 0.717) is 5.69 Å². The lowest BCUT2D eigenvalue weighted by molar-refractivity contribution is -0.432. The maximum absolute atomic E-state index is 12.3. The maximum Gasteiger partial charge on any atom is 0.279 e. The Morgan fingerprint density at radius 1 is 1.28 bits per heavy atom. The van der Waals surface area contributed by atoms with Crippen LogP contribution in [-0.4, -0.2) is 26.3 Å². The number of amides is 1. The van der Waals surface area contributed by atoms with E-state index in [1.165, 1.54) is 6.92 Å². The zero-order chi connectivity index (χ0) is 21.4. The molecule has 0 saturated heterocycles. The second kappa shape index (κ2) is 10.1. The molecular formula is C16H14N4O8S. The van der Waals surface area contributed by atoms with Gasteiger partial charge in [-0.05, 0) is 19.1 Å². The number of nitrogens with one attached hydrogen (secondary N) is 1. The van der Waals surface area contributed by atoms with Crippen molar-refractivity contribution in [1.82, 2.24) is 0 Å². The van der Waals surface area contributed by atoms with E-state index in [-0.39, 0.29) is 16.9 Å². The van der Waals surface area contributed by atoms with Crippen molar-refractivity contribution in [2.75, 3.05) is 5.32 Å². The van der Waals surface area contributed by atoms with Gasteiger partial charge in [0.2, 0.25) is 0 Å². The van der Waals surface area contributed by atoms with Gasteiger partial charge >= 0.3 is 0 Å². The van der Waals surface area contributed by atoms with E-state index < -0.39 is 39.4 Å². The van der Waals surface area contributed by atoms with Crippen molar-refractivity contribution in [3.8, 4) is 5.75 Å². The van der Waals surface area contributed by atoms with E-state index >= 15 is 0 Å². The topological polar surface area (TPSA) is 176 Å². The van der Waals surface area contributed by atoms with Crippen LogP contribution in [0.1, 0.15) is 6.92 Å². The van der Waals surface area contributed by atoms with Crippen LogP contribution < -0.4 is 5.32 Å². The summed E-state index contributed by atoms with van der Waals surface area (Å²) in [6, 6.07) is 10.2. The van der Waals surface area contributed by atoms with Crippen LogP contribution in [0.2, 0.25) is 0 Å².